The van der Waals surface area contributed by atoms with E-state index in [1.807, 2.05) is 33.0 Å². The van der Waals surface area contributed by atoms with Crippen LogP contribution in [-0.4, -0.2) is 42.0 Å². The van der Waals surface area contributed by atoms with Crippen LogP contribution in [0.3, 0.4) is 0 Å². The van der Waals surface area contributed by atoms with Gasteiger partial charge in [0.25, 0.3) is 5.56 Å². The predicted octanol–water partition coefficient (Wildman–Crippen LogP) is 18.0. The lowest BCUT2D eigenvalue weighted by Crippen LogP contribution is -2.43. The molecule has 5 aromatic carbocycles. The average Bonchev–Trinajstić information content (AvgIpc) is 3.42. The van der Waals surface area contributed by atoms with Crippen molar-refractivity contribution in [1.29, 1.82) is 0 Å². The second-order valence-corrected chi connectivity index (χ2v) is 20.9. The molecule has 1 fully saturated rings. The molecule has 1 N–H and O–H groups in total. The summed E-state index contributed by atoms with van der Waals surface area (Å²) < 4.78 is 2.06. The fourth-order valence-corrected chi connectivity index (χ4v) is 11.8. The number of anilines is 1. The van der Waals surface area contributed by atoms with Gasteiger partial charge in [0.05, 0.1) is 0 Å². The molecule has 1 aliphatic heterocycles. The highest BCUT2D eigenvalue weighted by Crippen LogP contribution is 2.48. The Labute approximate surface area is 434 Å². The van der Waals surface area contributed by atoms with E-state index < -0.39 is 0 Å². The molecule has 8 rings (SSSR count). The number of allylic oxidation sites excluding steroid dienone is 1. The van der Waals surface area contributed by atoms with E-state index in [1.54, 1.807) is 0 Å². The zero-order valence-corrected chi connectivity index (χ0v) is 46.3. The van der Waals surface area contributed by atoms with Crippen molar-refractivity contribution < 1.29 is 4.79 Å². The number of hydrogen-bond acceptors (Lipinski definition) is 5. The van der Waals surface area contributed by atoms with Crippen LogP contribution in [0.4, 0.5) is 5.82 Å². The number of carbonyl (C=O) groups is 1. The van der Waals surface area contributed by atoms with E-state index in [4.69, 9.17) is 4.98 Å². The van der Waals surface area contributed by atoms with E-state index >= 15 is 0 Å². The molecular formula is C66H92N4O2. The maximum absolute atomic E-state index is 14.9. The number of fused-ring (bicyclic) bond motifs is 2. The molecule has 6 nitrogen and oxygen atoms in total. The molecule has 1 aliphatic rings. The number of aromatic nitrogens is 2. The number of rotatable bonds is 26. The Balaban J connectivity index is 0.000000430. The van der Waals surface area contributed by atoms with E-state index in [2.05, 4.69) is 111 Å². The third-order valence-electron chi connectivity index (χ3n) is 15.8. The SMILES string of the molecule is C=C(C)c1ccc2c3ccc4c(=C)n(C(CCCCCC)CCCCCC)c(=O)c5ccc(c6c(-c7ccc(N8CCNCC8)nc7)cc(C=O)c1c26)c3c45.CC.CCCCCCC(CC)CCCCCC. The molecule has 72 heavy (non-hydrogen) atoms. The molecule has 388 valence electrons. The van der Waals surface area contributed by atoms with Gasteiger partial charge in [0.15, 0.2) is 6.29 Å². The number of piperazine rings is 1. The van der Waals surface area contributed by atoms with E-state index in [1.165, 1.54) is 109 Å². The Morgan fingerprint density at radius 3 is 1.71 bits per heavy atom. The maximum atomic E-state index is 14.9. The molecule has 0 bridgehead atoms. The lowest BCUT2D eigenvalue weighted by atomic mass is 9.81. The molecule has 1 saturated heterocycles. The number of pyridine rings is 2. The third kappa shape index (κ3) is 12.8. The van der Waals surface area contributed by atoms with Crippen LogP contribution in [0.1, 0.15) is 212 Å². The quantitative estimate of drug-likeness (QED) is 0.0253. The van der Waals surface area contributed by atoms with Crippen LogP contribution in [0.25, 0.3) is 77.1 Å². The molecule has 0 atom stereocenters. The third-order valence-corrected chi connectivity index (χ3v) is 15.8. The van der Waals surface area contributed by atoms with Crippen LogP contribution < -0.4 is 21.1 Å². The standard InChI is InChI=1S/C49H54N4O2.C15H32.C2H6/c1-6-8-10-12-14-35(15-13-11-9-7-2)53-32(5)37-18-20-38-39-19-17-36(31(3)4)44-34(30-54)28-42(33-16-23-43(51-29-33)52-26-24-50-25-27-52)47(48(39)44)40-21-22-41(49(53)55)45(37)46(38)40;1-4-7-9-11-13-15(6-3)14-12-10-8-5-2;1-2/h16-23,28-30,35,50H,3,5-15,24-27H2,1-2,4H3;15H,4-14H2,1-3H3;1-2H3. The predicted molar refractivity (Wildman–Crippen MR) is 318 cm³/mol. The van der Waals surface area contributed by atoms with Crippen LogP contribution in [0.2, 0.25) is 0 Å². The molecule has 3 heterocycles. The van der Waals surface area contributed by atoms with Crippen LogP contribution in [0, 0.1) is 5.92 Å². The Kier molecular flexibility index (Phi) is 22.2. The first-order valence-electron chi connectivity index (χ1n) is 29.0. The Morgan fingerprint density at radius 2 is 1.17 bits per heavy atom. The van der Waals surface area contributed by atoms with Gasteiger partial charge in [-0.2, -0.15) is 0 Å². The smallest absolute Gasteiger partial charge is 0.259 e. The van der Waals surface area contributed by atoms with Crippen molar-refractivity contribution in [2.24, 2.45) is 5.92 Å². The van der Waals surface area contributed by atoms with E-state index in [0.717, 1.165) is 151 Å². The first-order valence-corrected chi connectivity index (χ1v) is 29.0. The van der Waals surface area contributed by atoms with Gasteiger partial charge in [0, 0.05) is 76.4 Å². The zero-order chi connectivity index (χ0) is 51.6. The molecule has 7 aromatic rings. The minimum absolute atomic E-state index is 0.0648. The van der Waals surface area contributed by atoms with Crippen molar-refractivity contribution in [3.8, 4) is 11.1 Å². The van der Waals surface area contributed by atoms with Crippen LogP contribution in [0.15, 0.2) is 72.2 Å². The summed E-state index contributed by atoms with van der Waals surface area (Å²) in [6.07, 6.45) is 30.2. The van der Waals surface area contributed by atoms with Crippen molar-refractivity contribution in [3.05, 3.63) is 94.2 Å². The number of unbranched alkanes of at least 4 members (excludes halogenated alkanes) is 12. The summed E-state index contributed by atoms with van der Waals surface area (Å²) >= 11 is 0. The number of carbonyl (C=O) groups excluding carboxylic acids is 1. The van der Waals surface area contributed by atoms with Crippen molar-refractivity contribution >= 4 is 78.1 Å². The second kappa shape index (κ2) is 28.4. The normalized spacial score (nSPS) is 12.9. The van der Waals surface area contributed by atoms with Gasteiger partial charge < -0.3 is 14.8 Å². The molecule has 2 aromatic heterocycles. The topological polar surface area (TPSA) is 67.2 Å². The van der Waals surface area contributed by atoms with Gasteiger partial charge in [-0.1, -0.05) is 220 Å². The van der Waals surface area contributed by atoms with Gasteiger partial charge in [0.1, 0.15) is 5.82 Å². The van der Waals surface area contributed by atoms with E-state index in [-0.39, 0.29) is 11.6 Å². The lowest BCUT2D eigenvalue weighted by Gasteiger charge is -2.28. The first-order chi connectivity index (χ1) is 35.2. The van der Waals surface area contributed by atoms with Crippen LogP contribution >= 0.6 is 0 Å². The molecule has 0 spiro atoms. The van der Waals surface area contributed by atoms with Gasteiger partial charge in [-0.25, -0.2) is 4.98 Å². The highest BCUT2D eigenvalue weighted by atomic mass is 16.1. The fourth-order valence-electron chi connectivity index (χ4n) is 11.8. The van der Waals surface area contributed by atoms with E-state index in [0.29, 0.717) is 5.56 Å². The molecule has 0 unspecified atom stereocenters. The first kappa shape index (κ1) is 56.2. The van der Waals surface area contributed by atoms with E-state index in [9.17, 15) is 9.59 Å². The number of nitrogens with one attached hydrogen (secondary N) is 1. The van der Waals surface area contributed by atoms with Gasteiger partial charge >= 0.3 is 0 Å². The number of benzene rings is 5. The summed E-state index contributed by atoms with van der Waals surface area (Å²) in [6.45, 7) is 30.1. The number of aldehydes is 1. The number of hydrogen-bond donors (Lipinski definition) is 1. The molecule has 0 radical (unpaired) electrons. The average molecular weight is 973 g/mol. The Bertz CT molecular complexity index is 2850. The minimum Gasteiger partial charge on any atom is -0.354 e. The maximum Gasteiger partial charge on any atom is 0.259 e. The molecule has 0 saturated carbocycles. The monoisotopic (exact) mass is 973 g/mol. The lowest BCUT2D eigenvalue weighted by molar-refractivity contribution is 0.112. The van der Waals surface area contributed by atoms with Crippen molar-refractivity contribution in [2.75, 3.05) is 31.1 Å². The largest absolute Gasteiger partial charge is 0.354 e. The zero-order valence-electron chi connectivity index (χ0n) is 46.3. The van der Waals surface area contributed by atoms with Crippen molar-refractivity contribution in [2.45, 2.75) is 196 Å². The molecule has 6 heteroatoms. The molecule has 0 amide bonds. The van der Waals surface area contributed by atoms with Crippen molar-refractivity contribution in [1.82, 2.24) is 14.9 Å². The Morgan fingerprint density at radius 1 is 0.639 bits per heavy atom. The summed E-state index contributed by atoms with van der Waals surface area (Å²) in [5.41, 5.74) is 4.50. The second-order valence-electron chi connectivity index (χ2n) is 20.9. The summed E-state index contributed by atoms with van der Waals surface area (Å²) in [6, 6.07) is 19.3. The van der Waals surface area contributed by atoms with Crippen LogP contribution in [0.5, 0.6) is 0 Å². The van der Waals surface area contributed by atoms with Gasteiger partial charge in [-0.05, 0) is 93.4 Å². The Hall–Kier alpha value is -5.07. The highest BCUT2D eigenvalue weighted by Gasteiger charge is 2.25. The fraction of sp³-hybridized carbons (Fsp3) is 0.530. The van der Waals surface area contributed by atoms with Crippen LogP contribution in [-0.2, 0) is 0 Å². The minimum atomic E-state index is 0.0648. The summed E-state index contributed by atoms with van der Waals surface area (Å²) in [7, 11) is 0. The summed E-state index contributed by atoms with van der Waals surface area (Å²) in [4.78, 5) is 35.1. The van der Waals surface area contributed by atoms with Gasteiger partial charge in [-0.15, -0.1) is 0 Å². The summed E-state index contributed by atoms with van der Waals surface area (Å²) in [5, 5.41) is 14.3. The summed E-state index contributed by atoms with van der Waals surface area (Å²) in [5.74, 6) is 1.98. The van der Waals surface area contributed by atoms with Gasteiger partial charge in [0.2, 0.25) is 0 Å². The molecule has 0 aliphatic carbocycles. The van der Waals surface area contributed by atoms with Gasteiger partial charge in [-0.3, -0.25) is 9.59 Å². The molecular weight excluding hydrogens is 881 g/mol. The van der Waals surface area contributed by atoms with Crippen molar-refractivity contribution in [3.63, 3.8) is 0 Å². The highest BCUT2D eigenvalue weighted by molar-refractivity contribution is 6.40. The number of nitrogens with zero attached hydrogens (tertiary/aromatic N) is 3.